The molecule has 0 saturated heterocycles. The summed E-state index contributed by atoms with van der Waals surface area (Å²) in [6.07, 6.45) is 2.90. The van der Waals surface area contributed by atoms with Gasteiger partial charge in [0.15, 0.2) is 0 Å². The number of aromatic nitrogens is 1. The van der Waals surface area contributed by atoms with E-state index < -0.39 is 0 Å². The maximum absolute atomic E-state index is 4.42. The quantitative estimate of drug-likeness (QED) is 0.909. The molecule has 0 aliphatic heterocycles. The van der Waals surface area contributed by atoms with Gasteiger partial charge in [0.05, 0.1) is 9.48 Å². The van der Waals surface area contributed by atoms with Crippen molar-refractivity contribution in [2.75, 3.05) is 0 Å². The Morgan fingerprint density at radius 2 is 2.29 bits per heavy atom. The number of nitrogens with zero attached hydrogens (tertiary/aromatic N) is 1. The summed E-state index contributed by atoms with van der Waals surface area (Å²) < 4.78 is 1.18. The van der Waals surface area contributed by atoms with E-state index in [-0.39, 0.29) is 0 Å². The molecule has 0 spiro atoms. The van der Waals surface area contributed by atoms with Crippen LogP contribution in [0.1, 0.15) is 23.7 Å². The van der Waals surface area contributed by atoms with E-state index in [0.29, 0.717) is 0 Å². The van der Waals surface area contributed by atoms with Crippen LogP contribution < -0.4 is 5.32 Å². The Morgan fingerprint density at radius 3 is 3.00 bits per heavy atom. The van der Waals surface area contributed by atoms with Crippen LogP contribution in [0.15, 0.2) is 33.6 Å². The molecule has 17 heavy (non-hydrogen) atoms. The Bertz CT molecular complexity index is 482. The van der Waals surface area contributed by atoms with Crippen molar-refractivity contribution in [2.45, 2.75) is 26.4 Å². The number of nitrogens with one attached hydrogen (secondary N) is 1. The highest BCUT2D eigenvalue weighted by atomic mass is 79.9. The first-order valence-electron chi connectivity index (χ1n) is 5.66. The third-order valence-electron chi connectivity index (χ3n) is 2.61. The molecule has 4 heteroatoms. The van der Waals surface area contributed by atoms with Gasteiger partial charge in [0, 0.05) is 19.3 Å². The van der Waals surface area contributed by atoms with Gasteiger partial charge in [0.25, 0.3) is 0 Å². The van der Waals surface area contributed by atoms with E-state index >= 15 is 0 Å². The van der Waals surface area contributed by atoms with Gasteiger partial charge >= 0.3 is 0 Å². The zero-order valence-corrected chi connectivity index (χ0v) is 12.1. The molecule has 2 aromatic rings. The molecule has 1 N–H and O–H groups in total. The van der Waals surface area contributed by atoms with E-state index in [1.807, 2.05) is 12.3 Å². The molecule has 0 aromatic carbocycles. The average Bonchev–Trinajstić information content (AvgIpc) is 2.76. The van der Waals surface area contributed by atoms with E-state index in [1.54, 1.807) is 11.3 Å². The molecule has 2 aromatic heterocycles. The van der Waals surface area contributed by atoms with Crippen molar-refractivity contribution in [1.29, 1.82) is 0 Å². The normalized spacial score (nSPS) is 10.7. The number of rotatable bonds is 5. The fraction of sp³-hybridized carbons (Fsp3) is 0.308. The fourth-order valence-corrected chi connectivity index (χ4v) is 2.93. The third kappa shape index (κ3) is 3.63. The van der Waals surface area contributed by atoms with Gasteiger partial charge in [-0.25, -0.2) is 0 Å². The predicted molar refractivity (Wildman–Crippen MR) is 76.2 cm³/mol. The van der Waals surface area contributed by atoms with Crippen molar-refractivity contribution in [3.8, 4) is 0 Å². The van der Waals surface area contributed by atoms with Gasteiger partial charge in [-0.2, -0.15) is 0 Å². The summed E-state index contributed by atoms with van der Waals surface area (Å²) >= 11 is 5.19. The number of aryl methyl sites for hydroxylation is 1. The molecule has 90 valence electrons. The Hall–Kier alpha value is -0.710. The molecule has 0 unspecified atom stereocenters. The van der Waals surface area contributed by atoms with Gasteiger partial charge in [0.1, 0.15) is 0 Å². The minimum Gasteiger partial charge on any atom is -0.307 e. The molecule has 0 radical (unpaired) electrons. The Balaban J connectivity index is 1.89. The molecule has 0 saturated carbocycles. The monoisotopic (exact) mass is 310 g/mol. The number of halogens is 1. The summed E-state index contributed by atoms with van der Waals surface area (Å²) in [6.45, 7) is 3.88. The first-order chi connectivity index (χ1) is 8.29. The topological polar surface area (TPSA) is 24.9 Å². The van der Waals surface area contributed by atoms with Gasteiger partial charge in [-0.05, 0) is 51.0 Å². The van der Waals surface area contributed by atoms with Crippen LogP contribution in [-0.2, 0) is 19.5 Å². The zero-order valence-electron chi connectivity index (χ0n) is 9.74. The van der Waals surface area contributed by atoms with Crippen LogP contribution in [0.4, 0.5) is 0 Å². The number of hydrogen-bond acceptors (Lipinski definition) is 3. The molecule has 2 rings (SSSR count). The van der Waals surface area contributed by atoms with Crippen molar-refractivity contribution in [1.82, 2.24) is 10.3 Å². The molecule has 0 aliphatic rings. The minimum atomic E-state index is 0.831. The molecular formula is C13H15BrN2S. The van der Waals surface area contributed by atoms with E-state index in [9.17, 15) is 0 Å². The van der Waals surface area contributed by atoms with E-state index in [4.69, 9.17) is 0 Å². The van der Waals surface area contributed by atoms with Gasteiger partial charge < -0.3 is 5.32 Å². The van der Waals surface area contributed by atoms with Crippen molar-refractivity contribution >= 4 is 27.3 Å². The fourth-order valence-electron chi connectivity index (χ4n) is 1.72. The molecule has 0 atom stereocenters. The molecule has 0 amide bonds. The lowest BCUT2D eigenvalue weighted by molar-refractivity contribution is 0.674. The van der Waals surface area contributed by atoms with Crippen molar-refractivity contribution in [3.63, 3.8) is 0 Å². The highest BCUT2D eigenvalue weighted by Crippen LogP contribution is 2.20. The molecule has 2 heterocycles. The lowest BCUT2D eigenvalue weighted by Crippen LogP contribution is -2.14. The SMILES string of the molecule is CCc1cccnc1CNCc1csc(Br)c1. The van der Waals surface area contributed by atoms with Crippen molar-refractivity contribution < 1.29 is 0 Å². The van der Waals surface area contributed by atoms with E-state index in [1.165, 1.54) is 14.9 Å². The van der Waals surface area contributed by atoms with Crippen LogP contribution in [0, 0.1) is 0 Å². The molecule has 2 nitrogen and oxygen atoms in total. The van der Waals surface area contributed by atoms with Gasteiger partial charge in [-0.1, -0.05) is 13.0 Å². The van der Waals surface area contributed by atoms with Gasteiger partial charge in [-0.15, -0.1) is 11.3 Å². The largest absolute Gasteiger partial charge is 0.307 e. The molecule has 0 bridgehead atoms. The predicted octanol–water partition coefficient (Wildman–Crippen LogP) is 3.76. The minimum absolute atomic E-state index is 0.831. The van der Waals surface area contributed by atoms with E-state index in [2.05, 4.69) is 50.7 Å². The second-order valence-corrected chi connectivity index (χ2v) is 6.12. The average molecular weight is 311 g/mol. The van der Waals surface area contributed by atoms with Crippen LogP contribution in [0.25, 0.3) is 0 Å². The summed E-state index contributed by atoms with van der Waals surface area (Å²) in [7, 11) is 0. The number of hydrogen-bond donors (Lipinski definition) is 1. The van der Waals surface area contributed by atoms with Crippen LogP contribution in [0.5, 0.6) is 0 Å². The van der Waals surface area contributed by atoms with Crippen LogP contribution in [0.2, 0.25) is 0 Å². The standard InChI is InChI=1S/C13H15BrN2S/c1-2-11-4-3-5-16-12(11)8-15-7-10-6-13(14)17-9-10/h3-6,9,15H,2,7-8H2,1H3. The third-order valence-corrected chi connectivity index (χ3v) is 4.16. The number of thiophene rings is 1. The maximum Gasteiger partial charge on any atom is 0.0701 e. The highest BCUT2D eigenvalue weighted by molar-refractivity contribution is 9.11. The van der Waals surface area contributed by atoms with Crippen LogP contribution in [-0.4, -0.2) is 4.98 Å². The lowest BCUT2D eigenvalue weighted by atomic mass is 10.1. The smallest absolute Gasteiger partial charge is 0.0701 e. The highest BCUT2D eigenvalue weighted by Gasteiger charge is 2.01. The van der Waals surface area contributed by atoms with Crippen LogP contribution >= 0.6 is 27.3 Å². The summed E-state index contributed by atoms with van der Waals surface area (Å²) in [5.74, 6) is 0. The Morgan fingerprint density at radius 1 is 1.41 bits per heavy atom. The summed E-state index contributed by atoms with van der Waals surface area (Å²) in [4.78, 5) is 4.42. The van der Waals surface area contributed by atoms with Crippen molar-refractivity contribution in [3.05, 3.63) is 50.4 Å². The zero-order chi connectivity index (χ0) is 12.1. The molecule has 0 aliphatic carbocycles. The van der Waals surface area contributed by atoms with E-state index in [0.717, 1.165) is 25.2 Å². The second kappa shape index (κ2) is 6.28. The maximum atomic E-state index is 4.42. The van der Waals surface area contributed by atoms with Gasteiger partial charge in [-0.3, -0.25) is 4.98 Å². The molecule has 0 fully saturated rings. The van der Waals surface area contributed by atoms with Crippen molar-refractivity contribution in [2.24, 2.45) is 0 Å². The number of pyridine rings is 1. The lowest BCUT2D eigenvalue weighted by Gasteiger charge is -2.07. The Labute approximate surface area is 114 Å². The summed E-state index contributed by atoms with van der Waals surface area (Å²) in [6, 6.07) is 6.29. The van der Waals surface area contributed by atoms with Gasteiger partial charge in [0.2, 0.25) is 0 Å². The summed E-state index contributed by atoms with van der Waals surface area (Å²) in [5, 5.41) is 5.59. The molecular weight excluding hydrogens is 296 g/mol. The first-order valence-corrected chi connectivity index (χ1v) is 7.33. The summed E-state index contributed by atoms with van der Waals surface area (Å²) in [5.41, 5.74) is 3.80. The van der Waals surface area contributed by atoms with Crippen LogP contribution in [0.3, 0.4) is 0 Å². The Kier molecular flexibility index (Phi) is 4.71. The second-order valence-electron chi connectivity index (χ2n) is 3.83. The first kappa shape index (κ1) is 12.7.